The van der Waals surface area contributed by atoms with Crippen LogP contribution in [0.2, 0.25) is 0 Å². The molecule has 2 aliphatic rings. The van der Waals surface area contributed by atoms with E-state index in [1.807, 2.05) is 11.8 Å². The zero-order valence-electron chi connectivity index (χ0n) is 12.0. The molecule has 0 bridgehead atoms. The van der Waals surface area contributed by atoms with Crippen LogP contribution in [0.4, 0.5) is 0 Å². The molecule has 1 atom stereocenters. The van der Waals surface area contributed by atoms with Crippen LogP contribution in [0.25, 0.3) is 0 Å². The van der Waals surface area contributed by atoms with Crippen molar-refractivity contribution < 1.29 is 9.59 Å². The van der Waals surface area contributed by atoms with Gasteiger partial charge >= 0.3 is 0 Å². The van der Waals surface area contributed by atoms with Gasteiger partial charge in [0.1, 0.15) is 6.29 Å². The number of nitrogens with zero attached hydrogens (tertiary/aromatic N) is 2. The van der Waals surface area contributed by atoms with Gasteiger partial charge in [-0.2, -0.15) is 0 Å². The summed E-state index contributed by atoms with van der Waals surface area (Å²) >= 11 is 0. The molecule has 4 heteroatoms. The lowest BCUT2D eigenvalue weighted by Gasteiger charge is -2.36. The Morgan fingerprint density at radius 1 is 1.05 bits per heavy atom. The second-order valence-electron chi connectivity index (χ2n) is 5.92. The number of hydrogen-bond donors (Lipinski definition) is 0. The molecule has 2 rings (SSSR count). The van der Waals surface area contributed by atoms with Gasteiger partial charge in [-0.1, -0.05) is 12.8 Å². The molecule has 0 saturated carbocycles. The van der Waals surface area contributed by atoms with E-state index in [0.717, 1.165) is 58.1 Å². The van der Waals surface area contributed by atoms with E-state index in [-0.39, 0.29) is 17.9 Å². The second kappa shape index (κ2) is 7.04. The highest BCUT2D eigenvalue weighted by molar-refractivity contribution is 5.81. The van der Waals surface area contributed by atoms with Crippen molar-refractivity contribution >= 4 is 12.2 Å². The van der Waals surface area contributed by atoms with Gasteiger partial charge in [0.2, 0.25) is 5.91 Å². The summed E-state index contributed by atoms with van der Waals surface area (Å²) in [6.07, 6.45) is 7.67. The van der Waals surface area contributed by atoms with Gasteiger partial charge in [-0.05, 0) is 45.7 Å². The van der Waals surface area contributed by atoms with Gasteiger partial charge in [0, 0.05) is 19.0 Å². The van der Waals surface area contributed by atoms with Crippen LogP contribution in [-0.2, 0) is 9.59 Å². The lowest BCUT2D eigenvalue weighted by molar-refractivity contribution is -0.137. The van der Waals surface area contributed by atoms with Crippen molar-refractivity contribution in [2.24, 2.45) is 5.92 Å². The summed E-state index contributed by atoms with van der Waals surface area (Å²) < 4.78 is 0. The number of hydrogen-bond acceptors (Lipinski definition) is 3. The van der Waals surface area contributed by atoms with Gasteiger partial charge < -0.3 is 9.69 Å². The number of carbonyl (C=O) groups excluding carboxylic acids is 2. The standard InChI is InChI=1S/C15H26N2O2/c1-13(16-10-6-14(12-18)7-11-16)15(19)17-8-4-2-3-5-9-17/h12-14H,2-11H2,1H3. The number of likely N-dealkylation sites (tertiary alicyclic amines) is 2. The fourth-order valence-electron chi connectivity index (χ4n) is 3.15. The molecule has 0 aromatic rings. The van der Waals surface area contributed by atoms with Crippen molar-refractivity contribution in [3.8, 4) is 0 Å². The molecular weight excluding hydrogens is 240 g/mol. The van der Waals surface area contributed by atoms with Gasteiger partial charge in [-0.15, -0.1) is 0 Å². The number of rotatable bonds is 3. The zero-order valence-corrected chi connectivity index (χ0v) is 12.0. The van der Waals surface area contributed by atoms with E-state index in [1.54, 1.807) is 0 Å². The third-order valence-corrected chi connectivity index (χ3v) is 4.59. The van der Waals surface area contributed by atoms with Crippen molar-refractivity contribution in [3.05, 3.63) is 0 Å². The first-order valence-electron chi connectivity index (χ1n) is 7.70. The number of piperidine rings is 1. The van der Waals surface area contributed by atoms with E-state index in [1.165, 1.54) is 12.8 Å². The highest BCUT2D eigenvalue weighted by Crippen LogP contribution is 2.19. The summed E-state index contributed by atoms with van der Waals surface area (Å²) in [7, 11) is 0. The fourth-order valence-corrected chi connectivity index (χ4v) is 3.15. The molecule has 19 heavy (non-hydrogen) atoms. The molecule has 0 aromatic carbocycles. The number of aldehydes is 1. The van der Waals surface area contributed by atoms with Crippen molar-refractivity contribution in [1.29, 1.82) is 0 Å². The molecule has 0 N–H and O–H groups in total. The van der Waals surface area contributed by atoms with E-state index in [9.17, 15) is 9.59 Å². The van der Waals surface area contributed by atoms with Crippen LogP contribution in [-0.4, -0.2) is 54.2 Å². The average Bonchev–Trinajstić information content (AvgIpc) is 2.75. The summed E-state index contributed by atoms with van der Waals surface area (Å²) in [6, 6.07) is -0.0225. The molecule has 2 saturated heterocycles. The second-order valence-corrected chi connectivity index (χ2v) is 5.92. The topological polar surface area (TPSA) is 40.6 Å². The molecule has 108 valence electrons. The summed E-state index contributed by atoms with van der Waals surface area (Å²) in [5.74, 6) is 0.489. The largest absolute Gasteiger partial charge is 0.341 e. The van der Waals surface area contributed by atoms with E-state index >= 15 is 0 Å². The Morgan fingerprint density at radius 2 is 1.63 bits per heavy atom. The third-order valence-electron chi connectivity index (χ3n) is 4.59. The molecule has 0 aliphatic carbocycles. The maximum absolute atomic E-state index is 12.5. The normalized spacial score (nSPS) is 24.8. The SMILES string of the molecule is CC(C(=O)N1CCCCCC1)N1CCC(C=O)CC1. The first-order valence-corrected chi connectivity index (χ1v) is 7.70. The zero-order chi connectivity index (χ0) is 13.7. The smallest absolute Gasteiger partial charge is 0.239 e. The van der Waals surface area contributed by atoms with E-state index in [0.29, 0.717) is 0 Å². The Morgan fingerprint density at radius 3 is 2.16 bits per heavy atom. The summed E-state index contributed by atoms with van der Waals surface area (Å²) in [5.41, 5.74) is 0. The number of amides is 1. The van der Waals surface area contributed by atoms with Crippen LogP contribution in [0.15, 0.2) is 0 Å². The minimum atomic E-state index is -0.0225. The fraction of sp³-hybridized carbons (Fsp3) is 0.867. The summed E-state index contributed by atoms with van der Waals surface area (Å²) in [4.78, 5) is 27.6. The quantitative estimate of drug-likeness (QED) is 0.730. The predicted molar refractivity (Wildman–Crippen MR) is 74.9 cm³/mol. The first-order chi connectivity index (χ1) is 9.22. The van der Waals surface area contributed by atoms with Gasteiger partial charge in [-0.3, -0.25) is 9.69 Å². The van der Waals surface area contributed by atoms with Crippen molar-refractivity contribution in [2.75, 3.05) is 26.2 Å². The van der Waals surface area contributed by atoms with Crippen LogP contribution in [0, 0.1) is 5.92 Å². The predicted octanol–water partition coefficient (Wildman–Crippen LogP) is 1.69. The van der Waals surface area contributed by atoms with Crippen molar-refractivity contribution in [1.82, 2.24) is 9.80 Å². The van der Waals surface area contributed by atoms with Crippen molar-refractivity contribution in [3.63, 3.8) is 0 Å². The Bertz CT molecular complexity index is 303. The first kappa shape index (κ1) is 14.5. The van der Waals surface area contributed by atoms with Crippen LogP contribution >= 0.6 is 0 Å². The summed E-state index contributed by atoms with van der Waals surface area (Å²) in [5, 5.41) is 0. The monoisotopic (exact) mass is 266 g/mol. The Balaban J connectivity index is 1.86. The highest BCUT2D eigenvalue weighted by atomic mass is 16.2. The Labute approximate surface area is 116 Å². The molecular formula is C15H26N2O2. The highest BCUT2D eigenvalue weighted by Gasteiger charge is 2.29. The lowest BCUT2D eigenvalue weighted by Crippen LogP contribution is -2.50. The van der Waals surface area contributed by atoms with Gasteiger partial charge in [-0.25, -0.2) is 0 Å². The van der Waals surface area contributed by atoms with Crippen molar-refractivity contribution in [2.45, 2.75) is 51.5 Å². The van der Waals surface area contributed by atoms with E-state index in [4.69, 9.17) is 0 Å². The van der Waals surface area contributed by atoms with E-state index < -0.39 is 0 Å². The van der Waals surface area contributed by atoms with Gasteiger partial charge in [0.25, 0.3) is 0 Å². The maximum atomic E-state index is 12.5. The lowest BCUT2D eigenvalue weighted by atomic mass is 9.97. The van der Waals surface area contributed by atoms with E-state index in [2.05, 4.69) is 4.90 Å². The average molecular weight is 266 g/mol. The molecule has 1 amide bonds. The molecule has 0 aromatic heterocycles. The van der Waals surface area contributed by atoms with Crippen LogP contribution in [0.3, 0.4) is 0 Å². The Kier molecular flexibility index (Phi) is 5.37. The molecule has 1 unspecified atom stereocenters. The molecule has 0 radical (unpaired) electrons. The molecule has 0 spiro atoms. The molecule has 4 nitrogen and oxygen atoms in total. The van der Waals surface area contributed by atoms with Gasteiger partial charge in [0.05, 0.1) is 6.04 Å². The van der Waals surface area contributed by atoms with Crippen LogP contribution < -0.4 is 0 Å². The molecule has 2 fully saturated rings. The third kappa shape index (κ3) is 3.78. The van der Waals surface area contributed by atoms with Crippen LogP contribution in [0.1, 0.15) is 45.4 Å². The van der Waals surface area contributed by atoms with Gasteiger partial charge in [0.15, 0.2) is 0 Å². The maximum Gasteiger partial charge on any atom is 0.239 e. The number of carbonyl (C=O) groups is 2. The Hall–Kier alpha value is -0.900. The van der Waals surface area contributed by atoms with Crippen LogP contribution in [0.5, 0.6) is 0 Å². The molecule has 2 heterocycles. The minimum absolute atomic E-state index is 0.0225. The minimum Gasteiger partial charge on any atom is -0.341 e. The molecule has 2 aliphatic heterocycles. The summed E-state index contributed by atoms with van der Waals surface area (Å²) in [6.45, 7) is 5.63.